The first-order chi connectivity index (χ1) is 8.63. The van der Waals surface area contributed by atoms with Gasteiger partial charge in [0.2, 0.25) is 0 Å². The molecule has 6 nitrogen and oxygen atoms in total. The van der Waals surface area contributed by atoms with Gasteiger partial charge in [-0.2, -0.15) is 0 Å². The van der Waals surface area contributed by atoms with Crippen LogP contribution < -0.4 is 5.73 Å². The number of aromatic nitrogens is 1. The van der Waals surface area contributed by atoms with E-state index in [1.807, 2.05) is 6.92 Å². The van der Waals surface area contributed by atoms with Gasteiger partial charge in [0.1, 0.15) is 0 Å². The molecule has 1 atom stereocenters. The van der Waals surface area contributed by atoms with Crippen LogP contribution in [-0.2, 0) is 0 Å². The molecule has 2 rings (SSSR count). The van der Waals surface area contributed by atoms with E-state index in [9.17, 15) is 4.79 Å². The third kappa shape index (κ3) is 2.27. The zero-order valence-electron chi connectivity index (χ0n) is 10.2. The van der Waals surface area contributed by atoms with Gasteiger partial charge < -0.3 is 15.8 Å². The van der Waals surface area contributed by atoms with Crippen molar-refractivity contribution in [1.29, 1.82) is 0 Å². The topological polar surface area (TPSA) is 91.8 Å². The number of hydrogen-bond donors (Lipinski definition) is 2. The maximum atomic E-state index is 12.3. The predicted octanol–water partition coefficient (Wildman–Crippen LogP) is 0.741. The van der Waals surface area contributed by atoms with E-state index < -0.39 is 0 Å². The molecule has 0 aromatic carbocycles. The van der Waals surface area contributed by atoms with Crippen molar-refractivity contribution in [3.8, 4) is 0 Å². The number of pyridine rings is 1. The van der Waals surface area contributed by atoms with E-state index in [2.05, 4.69) is 10.1 Å². The van der Waals surface area contributed by atoms with E-state index in [0.29, 0.717) is 12.1 Å². The Labute approximate surface area is 105 Å². The number of rotatable bonds is 2. The van der Waals surface area contributed by atoms with Crippen molar-refractivity contribution in [1.82, 2.24) is 9.88 Å². The quantitative estimate of drug-likeness (QED) is 0.349. The van der Waals surface area contributed by atoms with Crippen LogP contribution in [0.4, 0.5) is 0 Å². The van der Waals surface area contributed by atoms with E-state index in [4.69, 9.17) is 10.9 Å². The Hall–Kier alpha value is -2.11. The summed E-state index contributed by atoms with van der Waals surface area (Å²) in [5.41, 5.74) is 7.07. The van der Waals surface area contributed by atoms with Gasteiger partial charge in [0.25, 0.3) is 5.91 Å². The van der Waals surface area contributed by atoms with E-state index in [1.54, 1.807) is 17.2 Å². The molecule has 0 saturated carbocycles. The summed E-state index contributed by atoms with van der Waals surface area (Å²) in [6, 6.07) is 1.47. The van der Waals surface area contributed by atoms with Crippen molar-refractivity contribution in [2.75, 3.05) is 6.54 Å². The van der Waals surface area contributed by atoms with Crippen LogP contribution in [0.3, 0.4) is 0 Å². The van der Waals surface area contributed by atoms with Crippen molar-refractivity contribution < 1.29 is 10.0 Å². The molecule has 2 heterocycles. The van der Waals surface area contributed by atoms with Crippen LogP contribution in [0.1, 0.15) is 28.8 Å². The first kappa shape index (κ1) is 12.3. The summed E-state index contributed by atoms with van der Waals surface area (Å²) >= 11 is 0. The first-order valence-corrected chi connectivity index (χ1v) is 5.83. The van der Waals surface area contributed by atoms with Gasteiger partial charge in [-0.1, -0.05) is 5.16 Å². The second-order valence-corrected chi connectivity index (χ2v) is 4.43. The highest BCUT2D eigenvalue weighted by Crippen LogP contribution is 2.20. The second kappa shape index (κ2) is 5.03. The van der Waals surface area contributed by atoms with Gasteiger partial charge in [0.05, 0.1) is 11.6 Å². The zero-order valence-corrected chi connectivity index (χ0v) is 10.2. The number of nitrogens with two attached hydrogens (primary N) is 1. The number of amides is 1. The molecule has 1 aliphatic rings. The summed E-state index contributed by atoms with van der Waals surface area (Å²) < 4.78 is 0. The zero-order chi connectivity index (χ0) is 13.1. The van der Waals surface area contributed by atoms with Crippen LogP contribution in [0.2, 0.25) is 0 Å². The van der Waals surface area contributed by atoms with Gasteiger partial charge >= 0.3 is 0 Å². The fraction of sp³-hybridized carbons (Fsp3) is 0.417. The van der Waals surface area contributed by atoms with Crippen LogP contribution >= 0.6 is 0 Å². The molecule has 1 aromatic heterocycles. The maximum Gasteiger partial charge on any atom is 0.256 e. The maximum absolute atomic E-state index is 12.3. The number of nitrogens with zero attached hydrogens (tertiary/aromatic N) is 3. The van der Waals surface area contributed by atoms with E-state index in [0.717, 1.165) is 18.4 Å². The Morgan fingerprint density at radius 2 is 2.39 bits per heavy atom. The molecule has 6 heteroatoms. The molecule has 0 aliphatic carbocycles. The number of carbonyl (C=O) groups excluding carboxylic acids is 1. The van der Waals surface area contributed by atoms with Gasteiger partial charge in [-0.3, -0.25) is 9.78 Å². The lowest BCUT2D eigenvalue weighted by Crippen LogP contribution is -2.43. The second-order valence-electron chi connectivity index (χ2n) is 4.43. The number of amidine groups is 1. The lowest BCUT2D eigenvalue weighted by Gasteiger charge is -2.23. The number of likely N-dealkylation sites (tertiary alicyclic amines) is 1. The molecular weight excluding hydrogens is 232 g/mol. The highest BCUT2D eigenvalue weighted by molar-refractivity contribution is 5.98. The molecule has 1 fully saturated rings. The Morgan fingerprint density at radius 3 is 3.06 bits per heavy atom. The van der Waals surface area contributed by atoms with Crippen molar-refractivity contribution in [2.45, 2.75) is 25.8 Å². The Morgan fingerprint density at radius 1 is 1.61 bits per heavy atom. The molecule has 96 valence electrons. The molecule has 1 saturated heterocycles. The smallest absolute Gasteiger partial charge is 0.256 e. The monoisotopic (exact) mass is 248 g/mol. The Kier molecular flexibility index (Phi) is 3.45. The molecule has 1 aliphatic heterocycles. The van der Waals surface area contributed by atoms with E-state index >= 15 is 0 Å². The van der Waals surface area contributed by atoms with Crippen LogP contribution in [-0.4, -0.2) is 39.4 Å². The molecular formula is C12H16N4O2. The predicted molar refractivity (Wildman–Crippen MR) is 66.4 cm³/mol. The van der Waals surface area contributed by atoms with Gasteiger partial charge in [0, 0.05) is 18.9 Å². The van der Waals surface area contributed by atoms with Crippen LogP contribution in [0.15, 0.2) is 23.6 Å². The minimum Gasteiger partial charge on any atom is -0.409 e. The lowest BCUT2D eigenvalue weighted by atomic mass is 10.1. The normalized spacial score (nSPS) is 20.2. The molecule has 3 N–H and O–H groups in total. The summed E-state index contributed by atoms with van der Waals surface area (Å²) in [6.45, 7) is 2.50. The van der Waals surface area contributed by atoms with Crippen LogP contribution in [0.25, 0.3) is 0 Å². The molecule has 1 aromatic rings. The van der Waals surface area contributed by atoms with Crippen LogP contribution in [0.5, 0.6) is 0 Å². The largest absolute Gasteiger partial charge is 0.409 e. The number of oxime groups is 1. The van der Waals surface area contributed by atoms with Crippen molar-refractivity contribution in [3.63, 3.8) is 0 Å². The van der Waals surface area contributed by atoms with Crippen molar-refractivity contribution in [3.05, 3.63) is 29.6 Å². The minimum absolute atomic E-state index is 0.0847. The van der Waals surface area contributed by atoms with Gasteiger partial charge in [-0.05, 0) is 31.4 Å². The summed E-state index contributed by atoms with van der Waals surface area (Å²) in [4.78, 5) is 18.0. The number of aryl methyl sites for hydroxylation is 1. The van der Waals surface area contributed by atoms with Crippen molar-refractivity contribution >= 4 is 11.7 Å². The average Bonchev–Trinajstić information content (AvgIpc) is 2.86. The summed E-state index contributed by atoms with van der Waals surface area (Å²) in [5.74, 6) is -0.0400. The molecule has 0 bridgehead atoms. The van der Waals surface area contributed by atoms with E-state index in [1.165, 1.54) is 6.20 Å². The number of carbonyl (C=O) groups is 1. The highest BCUT2D eigenvalue weighted by Gasteiger charge is 2.32. The fourth-order valence-corrected chi connectivity index (χ4v) is 2.22. The van der Waals surface area contributed by atoms with Gasteiger partial charge in [0.15, 0.2) is 5.84 Å². The van der Waals surface area contributed by atoms with Gasteiger partial charge in [-0.25, -0.2) is 0 Å². The molecule has 1 unspecified atom stereocenters. The molecule has 0 radical (unpaired) electrons. The summed E-state index contributed by atoms with van der Waals surface area (Å²) in [6.07, 6.45) is 4.81. The summed E-state index contributed by atoms with van der Waals surface area (Å²) in [5, 5.41) is 11.7. The molecule has 0 spiro atoms. The average molecular weight is 248 g/mol. The molecule has 1 amide bonds. The summed E-state index contributed by atoms with van der Waals surface area (Å²) in [7, 11) is 0. The van der Waals surface area contributed by atoms with Crippen LogP contribution in [0, 0.1) is 6.92 Å². The SMILES string of the molecule is Cc1cncc(C(=O)N2CCCC2C(N)=NO)c1. The number of hydrogen-bond acceptors (Lipinski definition) is 4. The highest BCUT2D eigenvalue weighted by atomic mass is 16.4. The lowest BCUT2D eigenvalue weighted by molar-refractivity contribution is 0.0767. The standard InChI is InChI=1S/C12H16N4O2/c1-8-5-9(7-14-6-8)12(17)16-4-2-3-10(16)11(13)15-18/h5-7,10,18H,2-4H2,1H3,(H2,13,15). The fourth-order valence-electron chi connectivity index (χ4n) is 2.22. The Bertz CT molecular complexity index is 487. The third-order valence-corrected chi connectivity index (χ3v) is 3.09. The van der Waals surface area contributed by atoms with Crippen molar-refractivity contribution in [2.24, 2.45) is 10.9 Å². The van der Waals surface area contributed by atoms with Gasteiger partial charge in [-0.15, -0.1) is 0 Å². The Balaban J connectivity index is 2.23. The molecule has 18 heavy (non-hydrogen) atoms. The first-order valence-electron chi connectivity index (χ1n) is 5.83. The third-order valence-electron chi connectivity index (χ3n) is 3.09. The van der Waals surface area contributed by atoms with E-state index in [-0.39, 0.29) is 17.8 Å². The minimum atomic E-state index is -0.317.